The Labute approximate surface area is 187 Å². The Bertz CT molecular complexity index is 1230. The van der Waals surface area contributed by atoms with Crippen LogP contribution in [-0.2, 0) is 6.54 Å². The number of para-hydroxylation sites is 1. The molecule has 1 aliphatic heterocycles. The molecule has 7 nitrogen and oxygen atoms in total. The summed E-state index contributed by atoms with van der Waals surface area (Å²) in [4.78, 5) is 22.0. The van der Waals surface area contributed by atoms with E-state index in [2.05, 4.69) is 44.1 Å². The lowest BCUT2D eigenvalue weighted by Gasteiger charge is -2.36. The fourth-order valence-corrected chi connectivity index (χ4v) is 4.62. The summed E-state index contributed by atoms with van der Waals surface area (Å²) in [6.45, 7) is 6.13. The molecule has 0 amide bonds. The fraction of sp³-hybridized carbons (Fsp3) is 0.400. The third-order valence-corrected chi connectivity index (χ3v) is 6.41. The van der Waals surface area contributed by atoms with Gasteiger partial charge < -0.3 is 4.90 Å². The van der Waals surface area contributed by atoms with Gasteiger partial charge in [-0.05, 0) is 43.7 Å². The molecule has 4 aromatic rings. The van der Waals surface area contributed by atoms with E-state index in [0.29, 0.717) is 6.54 Å². The van der Waals surface area contributed by atoms with Gasteiger partial charge in [0.2, 0.25) is 0 Å². The van der Waals surface area contributed by atoms with Crippen molar-refractivity contribution in [3.63, 3.8) is 0 Å². The minimum Gasteiger partial charge on any atom is -0.367 e. The molecule has 5 rings (SSSR count). The molecule has 32 heavy (non-hydrogen) atoms. The summed E-state index contributed by atoms with van der Waals surface area (Å²) >= 11 is 0. The number of hydrogen-bond acceptors (Lipinski definition) is 5. The van der Waals surface area contributed by atoms with Crippen molar-refractivity contribution in [3.8, 4) is 0 Å². The predicted molar refractivity (Wildman–Crippen MR) is 128 cm³/mol. The van der Waals surface area contributed by atoms with Crippen molar-refractivity contribution < 1.29 is 0 Å². The molecular weight excluding hydrogens is 400 g/mol. The second-order valence-corrected chi connectivity index (χ2v) is 8.53. The van der Waals surface area contributed by atoms with Crippen molar-refractivity contribution in [3.05, 3.63) is 71.4 Å². The summed E-state index contributed by atoms with van der Waals surface area (Å²) in [5.74, 6) is 0. The molecule has 1 saturated heterocycles. The topological polar surface area (TPSA) is 58.7 Å². The SMILES string of the molecule is O=c1n(CCCCCCN2CCN(c3cccc4cccnc34)CC2)nc2ccccn12. The second-order valence-electron chi connectivity index (χ2n) is 8.53. The lowest BCUT2D eigenvalue weighted by atomic mass is 10.1. The Kier molecular flexibility index (Phi) is 6.16. The first-order chi connectivity index (χ1) is 15.8. The minimum atomic E-state index is -0.0418. The number of unbranched alkanes of at least 4 members (excludes halogenated alkanes) is 3. The molecule has 166 valence electrons. The zero-order chi connectivity index (χ0) is 21.8. The van der Waals surface area contributed by atoms with Gasteiger partial charge in [-0.2, -0.15) is 0 Å². The van der Waals surface area contributed by atoms with Gasteiger partial charge in [0.1, 0.15) is 0 Å². The van der Waals surface area contributed by atoms with Crippen molar-refractivity contribution in [2.45, 2.75) is 32.2 Å². The molecule has 0 radical (unpaired) electrons. The number of hydrogen-bond donors (Lipinski definition) is 0. The fourth-order valence-electron chi connectivity index (χ4n) is 4.62. The number of piperazine rings is 1. The summed E-state index contributed by atoms with van der Waals surface area (Å²) in [5.41, 5.74) is 3.04. The van der Waals surface area contributed by atoms with Gasteiger partial charge in [-0.15, -0.1) is 5.10 Å². The van der Waals surface area contributed by atoms with Gasteiger partial charge in [0, 0.05) is 50.5 Å². The third kappa shape index (κ3) is 4.39. The van der Waals surface area contributed by atoms with Gasteiger partial charge in [0.15, 0.2) is 5.65 Å². The third-order valence-electron chi connectivity index (χ3n) is 6.41. The molecule has 7 heteroatoms. The van der Waals surface area contributed by atoms with Crippen molar-refractivity contribution in [2.24, 2.45) is 0 Å². The molecule has 1 fully saturated rings. The van der Waals surface area contributed by atoms with E-state index in [-0.39, 0.29) is 5.69 Å². The maximum absolute atomic E-state index is 12.3. The van der Waals surface area contributed by atoms with Crippen LogP contribution >= 0.6 is 0 Å². The number of pyridine rings is 2. The molecular formula is C25H30N6O. The molecule has 3 aromatic heterocycles. The minimum absolute atomic E-state index is 0.0418. The summed E-state index contributed by atoms with van der Waals surface area (Å²) in [6, 6.07) is 16.2. The summed E-state index contributed by atoms with van der Waals surface area (Å²) in [5, 5.41) is 5.61. The quantitative estimate of drug-likeness (QED) is 0.401. The van der Waals surface area contributed by atoms with E-state index in [9.17, 15) is 4.79 Å². The standard InChI is InChI=1S/C25H30N6O/c32-25-30-15-6-3-12-23(30)27-31(25)16-5-2-1-4-14-28-17-19-29(20-18-28)22-11-7-9-21-10-8-13-26-24(21)22/h3,6-13,15H,1-2,4-5,14,16-20H2. The van der Waals surface area contributed by atoms with Crippen LogP contribution < -0.4 is 10.6 Å². The van der Waals surface area contributed by atoms with Crippen LogP contribution in [-0.4, -0.2) is 56.8 Å². The summed E-state index contributed by atoms with van der Waals surface area (Å²) in [6.07, 6.45) is 8.17. The Balaban J connectivity index is 1.03. The van der Waals surface area contributed by atoms with E-state index in [1.165, 1.54) is 23.9 Å². The normalized spacial score (nSPS) is 15.1. The Morgan fingerprint density at radius 2 is 1.62 bits per heavy atom. The number of aromatic nitrogens is 4. The van der Waals surface area contributed by atoms with Gasteiger partial charge in [0.25, 0.3) is 0 Å². The second kappa shape index (κ2) is 9.53. The Morgan fingerprint density at radius 3 is 2.47 bits per heavy atom. The van der Waals surface area contributed by atoms with Crippen molar-refractivity contribution in [1.29, 1.82) is 0 Å². The van der Waals surface area contributed by atoms with E-state index in [1.807, 2.05) is 30.5 Å². The molecule has 4 heterocycles. The summed E-state index contributed by atoms with van der Waals surface area (Å²) < 4.78 is 3.20. The van der Waals surface area contributed by atoms with Gasteiger partial charge in [-0.3, -0.25) is 14.3 Å². The highest BCUT2D eigenvalue weighted by Crippen LogP contribution is 2.25. The van der Waals surface area contributed by atoms with E-state index in [0.717, 1.165) is 56.7 Å². The average molecular weight is 431 g/mol. The first kappa shape index (κ1) is 20.7. The number of fused-ring (bicyclic) bond motifs is 2. The highest BCUT2D eigenvalue weighted by Gasteiger charge is 2.18. The highest BCUT2D eigenvalue weighted by atomic mass is 16.2. The van der Waals surface area contributed by atoms with Crippen LogP contribution in [0.1, 0.15) is 25.7 Å². The lowest BCUT2D eigenvalue weighted by molar-refractivity contribution is 0.252. The highest BCUT2D eigenvalue weighted by molar-refractivity contribution is 5.90. The van der Waals surface area contributed by atoms with E-state index < -0.39 is 0 Å². The monoisotopic (exact) mass is 430 g/mol. The van der Waals surface area contributed by atoms with Crippen LogP contribution in [0.2, 0.25) is 0 Å². The van der Waals surface area contributed by atoms with Gasteiger partial charge in [-0.1, -0.05) is 37.1 Å². The molecule has 1 aromatic carbocycles. The predicted octanol–water partition coefficient (Wildman–Crippen LogP) is 3.43. The van der Waals surface area contributed by atoms with Crippen LogP contribution in [0.3, 0.4) is 0 Å². The zero-order valence-corrected chi connectivity index (χ0v) is 18.4. The molecule has 0 atom stereocenters. The Morgan fingerprint density at radius 1 is 0.812 bits per heavy atom. The van der Waals surface area contributed by atoms with Crippen molar-refractivity contribution in [1.82, 2.24) is 24.1 Å². The van der Waals surface area contributed by atoms with Crippen molar-refractivity contribution >= 4 is 22.2 Å². The largest absolute Gasteiger partial charge is 0.367 e. The average Bonchev–Trinajstić information content (AvgIpc) is 3.17. The first-order valence-corrected chi connectivity index (χ1v) is 11.6. The molecule has 0 bridgehead atoms. The van der Waals surface area contributed by atoms with Crippen LogP contribution in [0.5, 0.6) is 0 Å². The lowest BCUT2D eigenvalue weighted by Crippen LogP contribution is -2.46. The maximum Gasteiger partial charge on any atom is 0.350 e. The Hall–Kier alpha value is -3.19. The van der Waals surface area contributed by atoms with Gasteiger partial charge in [0.05, 0.1) is 11.2 Å². The number of anilines is 1. The van der Waals surface area contributed by atoms with Crippen LogP contribution in [0.15, 0.2) is 65.7 Å². The van der Waals surface area contributed by atoms with E-state index >= 15 is 0 Å². The number of nitrogens with zero attached hydrogens (tertiary/aromatic N) is 6. The van der Waals surface area contributed by atoms with E-state index in [1.54, 1.807) is 15.3 Å². The molecule has 0 spiro atoms. The van der Waals surface area contributed by atoms with Gasteiger partial charge >= 0.3 is 5.69 Å². The number of rotatable bonds is 8. The molecule has 0 unspecified atom stereocenters. The first-order valence-electron chi connectivity index (χ1n) is 11.6. The van der Waals surface area contributed by atoms with E-state index in [4.69, 9.17) is 0 Å². The molecule has 0 aliphatic carbocycles. The van der Waals surface area contributed by atoms with Crippen LogP contribution in [0, 0.1) is 0 Å². The van der Waals surface area contributed by atoms with Gasteiger partial charge in [-0.25, -0.2) is 9.48 Å². The molecule has 0 saturated carbocycles. The maximum atomic E-state index is 12.3. The van der Waals surface area contributed by atoms with Crippen molar-refractivity contribution in [2.75, 3.05) is 37.6 Å². The zero-order valence-electron chi connectivity index (χ0n) is 18.4. The molecule has 1 aliphatic rings. The van der Waals surface area contributed by atoms with Crippen LogP contribution in [0.4, 0.5) is 5.69 Å². The number of aryl methyl sites for hydroxylation is 1. The number of benzene rings is 1. The summed E-state index contributed by atoms with van der Waals surface area (Å²) in [7, 11) is 0. The smallest absolute Gasteiger partial charge is 0.350 e. The van der Waals surface area contributed by atoms with Crippen LogP contribution in [0.25, 0.3) is 16.6 Å². The molecule has 0 N–H and O–H groups in total.